The number of hydrogen-bond acceptors (Lipinski definition) is 7. The normalized spacial score (nSPS) is 13.9. The van der Waals surface area contributed by atoms with E-state index in [-0.39, 0.29) is 31.4 Å². The summed E-state index contributed by atoms with van der Waals surface area (Å²) in [6.45, 7) is 1.37. The number of aromatic nitrogens is 1. The van der Waals surface area contributed by atoms with Crippen LogP contribution in [0.5, 0.6) is 5.75 Å². The lowest BCUT2D eigenvalue weighted by molar-refractivity contribution is -0.142. The Balaban J connectivity index is 1.71. The zero-order chi connectivity index (χ0) is 30.1. The SMILES string of the molecule is C[C@H](NC(=O)[C@H](Cc1c[nH]c2ccccc12)NC(=O)[C@@H](N)CCC(=O)O)C(=O)N[C@@H](Cc1ccc(O)cc1)C(=O)O. The molecule has 218 valence electrons. The van der Waals surface area contributed by atoms with Crippen LogP contribution in [0.25, 0.3) is 10.9 Å². The van der Waals surface area contributed by atoms with Crippen LogP contribution >= 0.6 is 0 Å². The first-order valence-corrected chi connectivity index (χ1v) is 12.9. The fraction of sp³-hybridized carbons (Fsp3) is 0.321. The molecule has 0 aliphatic rings. The third-order valence-electron chi connectivity index (χ3n) is 6.48. The highest BCUT2D eigenvalue weighted by atomic mass is 16.4. The van der Waals surface area contributed by atoms with Crippen molar-refractivity contribution < 1.29 is 39.3 Å². The van der Waals surface area contributed by atoms with Gasteiger partial charge >= 0.3 is 11.9 Å². The second-order valence-electron chi connectivity index (χ2n) is 9.66. The lowest BCUT2D eigenvalue weighted by Gasteiger charge is -2.23. The number of carboxylic acids is 2. The first-order valence-electron chi connectivity index (χ1n) is 12.9. The number of aromatic hydroxyl groups is 1. The molecule has 1 heterocycles. The Bertz CT molecular complexity index is 1400. The van der Waals surface area contributed by atoms with E-state index in [2.05, 4.69) is 20.9 Å². The van der Waals surface area contributed by atoms with E-state index in [4.69, 9.17) is 10.8 Å². The molecule has 3 amide bonds. The average molecular weight is 568 g/mol. The van der Waals surface area contributed by atoms with E-state index in [9.17, 15) is 34.2 Å². The van der Waals surface area contributed by atoms with Crippen LogP contribution in [0.2, 0.25) is 0 Å². The van der Waals surface area contributed by atoms with Crippen molar-refractivity contribution in [3.8, 4) is 5.75 Å². The number of rotatable bonds is 14. The first kappa shape index (κ1) is 30.6. The maximum Gasteiger partial charge on any atom is 0.326 e. The number of phenolic OH excluding ortho intramolecular Hbond substituents is 1. The van der Waals surface area contributed by atoms with Gasteiger partial charge in [0.2, 0.25) is 17.7 Å². The zero-order valence-corrected chi connectivity index (χ0v) is 22.3. The molecule has 13 nitrogen and oxygen atoms in total. The number of aromatic amines is 1. The Kier molecular flexibility index (Phi) is 10.4. The number of carbonyl (C=O) groups excluding carboxylic acids is 3. The Labute approximate surface area is 235 Å². The number of nitrogens with two attached hydrogens (primary N) is 1. The van der Waals surface area contributed by atoms with Crippen LogP contribution in [0, 0.1) is 0 Å². The number of benzene rings is 2. The van der Waals surface area contributed by atoms with Crippen LogP contribution in [0.3, 0.4) is 0 Å². The van der Waals surface area contributed by atoms with Crippen LogP contribution in [0.4, 0.5) is 0 Å². The highest BCUT2D eigenvalue weighted by Gasteiger charge is 2.29. The van der Waals surface area contributed by atoms with Crippen molar-refractivity contribution in [1.82, 2.24) is 20.9 Å². The number of para-hydroxylation sites is 1. The van der Waals surface area contributed by atoms with Crippen molar-refractivity contribution in [1.29, 1.82) is 0 Å². The van der Waals surface area contributed by atoms with Gasteiger partial charge in [0.1, 0.15) is 23.9 Å². The summed E-state index contributed by atoms with van der Waals surface area (Å²) in [7, 11) is 0. The highest BCUT2D eigenvalue weighted by molar-refractivity contribution is 5.94. The summed E-state index contributed by atoms with van der Waals surface area (Å²) in [6.07, 6.45) is 1.19. The van der Waals surface area contributed by atoms with Gasteiger partial charge in [0.25, 0.3) is 0 Å². The van der Waals surface area contributed by atoms with Crippen molar-refractivity contribution in [2.24, 2.45) is 5.73 Å². The minimum Gasteiger partial charge on any atom is -0.508 e. The second kappa shape index (κ2) is 13.9. The van der Waals surface area contributed by atoms with Crippen molar-refractivity contribution in [3.05, 3.63) is 65.9 Å². The number of carboxylic acid groups (broad SMARTS) is 2. The Hall–Kier alpha value is -4.91. The summed E-state index contributed by atoms with van der Waals surface area (Å²) in [4.78, 5) is 64.6. The molecule has 3 aromatic rings. The van der Waals surface area contributed by atoms with Crippen LogP contribution in [0.15, 0.2) is 54.7 Å². The minimum atomic E-state index is -1.31. The topological polar surface area (TPSA) is 224 Å². The molecule has 3 rings (SSSR count). The number of amides is 3. The maximum atomic E-state index is 13.3. The summed E-state index contributed by atoms with van der Waals surface area (Å²) < 4.78 is 0. The van der Waals surface area contributed by atoms with E-state index < -0.39 is 53.8 Å². The van der Waals surface area contributed by atoms with Crippen molar-refractivity contribution in [2.45, 2.75) is 56.8 Å². The van der Waals surface area contributed by atoms with Gasteiger partial charge < -0.3 is 42.0 Å². The summed E-state index contributed by atoms with van der Waals surface area (Å²) >= 11 is 0. The van der Waals surface area contributed by atoms with Gasteiger partial charge in [0.05, 0.1) is 6.04 Å². The van der Waals surface area contributed by atoms with Gasteiger partial charge in [-0.2, -0.15) is 0 Å². The number of fused-ring (bicyclic) bond motifs is 1. The van der Waals surface area contributed by atoms with Gasteiger partial charge in [0, 0.05) is 36.4 Å². The molecule has 0 aliphatic carbocycles. The quantitative estimate of drug-likeness (QED) is 0.135. The number of nitrogens with one attached hydrogen (secondary N) is 4. The molecule has 41 heavy (non-hydrogen) atoms. The largest absolute Gasteiger partial charge is 0.508 e. The summed E-state index contributed by atoms with van der Waals surface area (Å²) in [5, 5.41) is 36.2. The Morgan fingerprint density at radius 1 is 0.854 bits per heavy atom. The van der Waals surface area contributed by atoms with E-state index in [0.29, 0.717) is 11.1 Å². The molecule has 4 atom stereocenters. The molecule has 0 saturated heterocycles. The number of phenols is 1. The number of hydrogen-bond donors (Lipinski definition) is 8. The van der Waals surface area contributed by atoms with Gasteiger partial charge in [-0.25, -0.2) is 4.79 Å². The fourth-order valence-corrected chi connectivity index (χ4v) is 4.16. The first-order chi connectivity index (χ1) is 19.4. The predicted octanol–water partition coefficient (Wildman–Crippen LogP) is 0.410. The summed E-state index contributed by atoms with van der Waals surface area (Å²) in [6, 6.07) is 8.35. The molecule has 0 spiro atoms. The Morgan fingerprint density at radius 3 is 2.17 bits per heavy atom. The fourth-order valence-electron chi connectivity index (χ4n) is 4.16. The summed E-state index contributed by atoms with van der Waals surface area (Å²) in [5.41, 5.74) is 7.92. The molecular formula is C28H33N5O8. The summed E-state index contributed by atoms with van der Waals surface area (Å²) in [5.74, 6) is -4.61. The van der Waals surface area contributed by atoms with Crippen LogP contribution in [-0.2, 0) is 36.8 Å². The molecule has 0 fully saturated rings. The van der Waals surface area contributed by atoms with Gasteiger partial charge in [-0.15, -0.1) is 0 Å². The van der Waals surface area contributed by atoms with Crippen molar-refractivity contribution in [2.75, 3.05) is 0 Å². The molecule has 0 radical (unpaired) electrons. The third kappa shape index (κ3) is 8.80. The van der Waals surface area contributed by atoms with Crippen LogP contribution < -0.4 is 21.7 Å². The van der Waals surface area contributed by atoms with E-state index in [1.54, 1.807) is 6.20 Å². The van der Waals surface area contributed by atoms with Gasteiger partial charge in [0.15, 0.2) is 0 Å². The van der Waals surface area contributed by atoms with E-state index in [1.165, 1.54) is 31.2 Å². The van der Waals surface area contributed by atoms with Crippen LogP contribution in [0.1, 0.15) is 30.9 Å². The lowest BCUT2D eigenvalue weighted by Crippen LogP contribution is -2.57. The molecule has 1 aromatic heterocycles. The lowest BCUT2D eigenvalue weighted by atomic mass is 10.0. The minimum absolute atomic E-state index is 0.0121. The number of H-pyrrole nitrogens is 1. The van der Waals surface area contributed by atoms with Gasteiger partial charge in [-0.1, -0.05) is 30.3 Å². The molecule has 2 aromatic carbocycles. The molecular weight excluding hydrogens is 534 g/mol. The molecule has 0 unspecified atom stereocenters. The number of aliphatic carboxylic acids is 2. The molecule has 9 N–H and O–H groups in total. The third-order valence-corrected chi connectivity index (χ3v) is 6.48. The van der Waals surface area contributed by atoms with Gasteiger partial charge in [-0.05, 0) is 42.7 Å². The van der Waals surface area contributed by atoms with E-state index >= 15 is 0 Å². The van der Waals surface area contributed by atoms with Gasteiger partial charge in [-0.3, -0.25) is 19.2 Å². The van der Waals surface area contributed by atoms with E-state index in [1.807, 2.05) is 24.3 Å². The highest BCUT2D eigenvalue weighted by Crippen LogP contribution is 2.19. The van der Waals surface area contributed by atoms with Crippen molar-refractivity contribution >= 4 is 40.6 Å². The molecule has 0 saturated carbocycles. The molecule has 13 heteroatoms. The monoisotopic (exact) mass is 567 g/mol. The standard InChI is InChI=1S/C28H33N5O8/c1-15(25(37)33-23(28(40)41)12-16-6-8-18(34)9-7-16)31-27(39)22(32-26(38)20(29)10-11-24(35)36)13-17-14-30-21-5-3-2-4-19(17)21/h2-9,14-15,20,22-23,30,34H,10-13,29H2,1H3,(H,31,39)(H,32,38)(H,33,37)(H,35,36)(H,40,41)/t15-,20-,22-,23-/m0/s1. The predicted molar refractivity (Wildman–Crippen MR) is 148 cm³/mol. The number of carbonyl (C=O) groups is 5. The maximum absolute atomic E-state index is 13.3. The van der Waals surface area contributed by atoms with Crippen molar-refractivity contribution in [3.63, 3.8) is 0 Å². The molecule has 0 aliphatic heterocycles. The average Bonchev–Trinajstić information content (AvgIpc) is 3.34. The zero-order valence-electron chi connectivity index (χ0n) is 22.3. The molecule has 0 bridgehead atoms. The smallest absolute Gasteiger partial charge is 0.326 e. The Morgan fingerprint density at radius 2 is 1.51 bits per heavy atom. The van der Waals surface area contributed by atoms with E-state index in [0.717, 1.165) is 10.9 Å². The second-order valence-corrected chi connectivity index (χ2v) is 9.66. The van der Waals surface area contributed by atoms with Crippen LogP contribution in [-0.4, -0.2) is 74.1 Å².